The van der Waals surface area contributed by atoms with Crippen LogP contribution in [0.25, 0.3) is 0 Å². The third-order valence-electron chi connectivity index (χ3n) is 4.42. The SMILES string of the molecule is CC1CC(=O)NC(C)(C2CC2)C(=O)N1Cc1cccs1. The molecule has 1 aromatic rings. The Morgan fingerprint density at radius 1 is 1.45 bits per heavy atom. The molecule has 2 amide bonds. The van der Waals surface area contributed by atoms with Gasteiger partial charge in [-0.15, -0.1) is 11.3 Å². The number of hydrogen-bond acceptors (Lipinski definition) is 3. The minimum absolute atomic E-state index is 0.00562. The lowest BCUT2D eigenvalue weighted by molar-refractivity contribution is -0.140. The number of hydrogen-bond donors (Lipinski definition) is 1. The van der Waals surface area contributed by atoms with Crippen molar-refractivity contribution in [2.75, 3.05) is 0 Å². The maximum Gasteiger partial charge on any atom is 0.248 e. The number of nitrogens with one attached hydrogen (secondary N) is 1. The van der Waals surface area contributed by atoms with E-state index in [-0.39, 0.29) is 17.9 Å². The van der Waals surface area contributed by atoms with Crippen LogP contribution < -0.4 is 5.32 Å². The van der Waals surface area contributed by atoms with Crippen LogP contribution in [-0.2, 0) is 16.1 Å². The van der Waals surface area contributed by atoms with Crippen molar-refractivity contribution < 1.29 is 9.59 Å². The maximum atomic E-state index is 12.9. The molecule has 2 heterocycles. The summed E-state index contributed by atoms with van der Waals surface area (Å²) in [6.07, 6.45) is 2.45. The highest BCUT2D eigenvalue weighted by Crippen LogP contribution is 2.42. The fourth-order valence-electron chi connectivity index (χ4n) is 3.01. The molecule has 1 aliphatic heterocycles. The molecule has 1 saturated heterocycles. The van der Waals surface area contributed by atoms with Gasteiger partial charge < -0.3 is 10.2 Å². The Balaban J connectivity index is 1.89. The molecular formula is C15H20N2O2S. The molecule has 0 aromatic carbocycles. The summed E-state index contributed by atoms with van der Waals surface area (Å²) in [4.78, 5) is 28.0. The van der Waals surface area contributed by atoms with E-state index in [4.69, 9.17) is 0 Å². The molecule has 0 spiro atoms. The number of thiophene rings is 1. The van der Waals surface area contributed by atoms with Crippen molar-refractivity contribution in [3.8, 4) is 0 Å². The number of rotatable bonds is 3. The van der Waals surface area contributed by atoms with Gasteiger partial charge in [-0.05, 0) is 44.1 Å². The molecule has 20 heavy (non-hydrogen) atoms. The molecular weight excluding hydrogens is 272 g/mol. The topological polar surface area (TPSA) is 49.4 Å². The third kappa shape index (κ3) is 2.35. The van der Waals surface area contributed by atoms with Crippen LogP contribution >= 0.6 is 11.3 Å². The Bertz CT molecular complexity index is 524. The van der Waals surface area contributed by atoms with Crippen LogP contribution in [0.4, 0.5) is 0 Å². The van der Waals surface area contributed by atoms with E-state index in [1.807, 2.05) is 36.3 Å². The largest absolute Gasteiger partial charge is 0.342 e. The first-order chi connectivity index (χ1) is 9.50. The zero-order chi connectivity index (χ0) is 14.3. The molecule has 2 unspecified atom stereocenters. The van der Waals surface area contributed by atoms with E-state index in [1.54, 1.807) is 11.3 Å². The van der Waals surface area contributed by atoms with Crippen LogP contribution in [0.15, 0.2) is 17.5 Å². The van der Waals surface area contributed by atoms with Crippen LogP contribution in [0.5, 0.6) is 0 Å². The van der Waals surface area contributed by atoms with E-state index in [1.165, 1.54) is 0 Å². The first-order valence-corrected chi connectivity index (χ1v) is 8.03. The van der Waals surface area contributed by atoms with E-state index >= 15 is 0 Å². The molecule has 108 valence electrons. The van der Waals surface area contributed by atoms with Crippen molar-refractivity contribution in [2.24, 2.45) is 5.92 Å². The molecule has 4 nitrogen and oxygen atoms in total. The predicted octanol–water partition coefficient (Wildman–Crippen LogP) is 2.15. The molecule has 0 radical (unpaired) electrons. The molecule has 0 bridgehead atoms. The smallest absolute Gasteiger partial charge is 0.248 e. The Hall–Kier alpha value is -1.36. The van der Waals surface area contributed by atoms with E-state index < -0.39 is 5.54 Å². The van der Waals surface area contributed by atoms with Gasteiger partial charge in [-0.3, -0.25) is 9.59 Å². The van der Waals surface area contributed by atoms with Gasteiger partial charge in [0.25, 0.3) is 0 Å². The van der Waals surface area contributed by atoms with Gasteiger partial charge in [-0.2, -0.15) is 0 Å². The molecule has 2 atom stereocenters. The fourth-order valence-corrected chi connectivity index (χ4v) is 3.71. The molecule has 1 aromatic heterocycles. The summed E-state index contributed by atoms with van der Waals surface area (Å²) in [6, 6.07) is 3.99. The lowest BCUT2D eigenvalue weighted by atomic mass is 9.94. The number of carbonyl (C=O) groups excluding carboxylic acids is 2. The van der Waals surface area contributed by atoms with E-state index in [9.17, 15) is 9.59 Å². The summed E-state index contributed by atoms with van der Waals surface area (Å²) < 4.78 is 0. The minimum Gasteiger partial charge on any atom is -0.342 e. The number of amides is 2. The Morgan fingerprint density at radius 2 is 2.20 bits per heavy atom. The van der Waals surface area contributed by atoms with Crippen LogP contribution in [0.2, 0.25) is 0 Å². The zero-order valence-electron chi connectivity index (χ0n) is 11.9. The summed E-state index contributed by atoms with van der Waals surface area (Å²) in [5.41, 5.74) is -0.709. The summed E-state index contributed by atoms with van der Waals surface area (Å²) in [6.45, 7) is 4.46. The second-order valence-corrected chi connectivity index (χ2v) is 7.12. The predicted molar refractivity (Wildman–Crippen MR) is 78.2 cm³/mol. The lowest BCUT2D eigenvalue weighted by Crippen LogP contribution is -2.57. The molecule has 1 aliphatic carbocycles. The minimum atomic E-state index is -0.709. The lowest BCUT2D eigenvalue weighted by Gasteiger charge is -2.34. The Labute approximate surface area is 123 Å². The van der Waals surface area contributed by atoms with Crippen molar-refractivity contribution in [3.63, 3.8) is 0 Å². The second-order valence-electron chi connectivity index (χ2n) is 6.09. The van der Waals surface area contributed by atoms with Gasteiger partial charge in [0.1, 0.15) is 5.54 Å². The standard InChI is InChI=1S/C15H20N2O2S/c1-10-8-13(18)16-15(2,11-5-6-11)14(19)17(10)9-12-4-3-7-20-12/h3-4,7,10-11H,5-6,8-9H2,1-2H3,(H,16,18). The van der Waals surface area contributed by atoms with Gasteiger partial charge in [-0.25, -0.2) is 0 Å². The molecule has 2 aliphatic rings. The van der Waals surface area contributed by atoms with E-state index in [0.717, 1.165) is 17.7 Å². The molecule has 5 heteroatoms. The molecule has 2 fully saturated rings. The van der Waals surface area contributed by atoms with E-state index in [0.29, 0.717) is 18.9 Å². The summed E-state index contributed by atoms with van der Waals surface area (Å²) in [7, 11) is 0. The number of nitrogens with zero attached hydrogens (tertiary/aromatic N) is 1. The number of carbonyl (C=O) groups is 2. The normalized spacial score (nSPS) is 31.1. The van der Waals surface area contributed by atoms with E-state index in [2.05, 4.69) is 5.32 Å². The summed E-state index contributed by atoms with van der Waals surface area (Å²) in [5, 5.41) is 5.00. The van der Waals surface area contributed by atoms with Crippen LogP contribution in [0, 0.1) is 5.92 Å². The summed E-state index contributed by atoms with van der Waals surface area (Å²) >= 11 is 1.65. The van der Waals surface area contributed by atoms with Crippen molar-refractivity contribution in [1.82, 2.24) is 10.2 Å². The van der Waals surface area contributed by atoms with Crippen molar-refractivity contribution in [3.05, 3.63) is 22.4 Å². The third-order valence-corrected chi connectivity index (χ3v) is 5.28. The quantitative estimate of drug-likeness (QED) is 0.928. The highest BCUT2D eigenvalue weighted by Gasteiger charge is 2.52. The second kappa shape index (κ2) is 4.88. The van der Waals surface area contributed by atoms with Gasteiger partial charge >= 0.3 is 0 Å². The van der Waals surface area contributed by atoms with Gasteiger partial charge in [0.05, 0.1) is 6.54 Å². The van der Waals surface area contributed by atoms with Gasteiger partial charge in [0.2, 0.25) is 11.8 Å². The highest BCUT2D eigenvalue weighted by atomic mass is 32.1. The Morgan fingerprint density at radius 3 is 2.80 bits per heavy atom. The average molecular weight is 292 g/mol. The highest BCUT2D eigenvalue weighted by molar-refractivity contribution is 7.09. The van der Waals surface area contributed by atoms with Crippen molar-refractivity contribution in [1.29, 1.82) is 0 Å². The fraction of sp³-hybridized carbons (Fsp3) is 0.600. The van der Waals surface area contributed by atoms with Gasteiger partial charge in [0.15, 0.2) is 0 Å². The summed E-state index contributed by atoms with van der Waals surface area (Å²) in [5.74, 6) is 0.371. The Kier molecular flexibility index (Phi) is 3.32. The van der Waals surface area contributed by atoms with Crippen LogP contribution in [0.3, 0.4) is 0 Å². The average Bonchev–Trinajstić information content (AvgIpc) is 3.13. The van der Waals surface area contributed by atoms with Crippen molar-refractivity contribution in [2.45, 2.75) is 51.2 Å². The maximum absolute atomic E-state index is 12.9. The molecule has 1 saturated carbocycles. The first-order valence-electron chi connectivity index (χ1n) is 7.15. The van der Waals surface area contributed by atoms with Gasteiger partial charge in [-0.1, -0.05) is 6.07 Å². The van der Waals surface area contributed by atoms with Crippen LogP contribution in [-0.4, -0.2) is 28.3 Å². The molecule has 3 rings (SSSR count). The van der Waals surface area contributed by atoms with Gasteiger partial charge in [0, 0.05) is 17.3 Å². The monoisotopic (exact) mass is 292 g/mol. The van der Waals surface area contributed by atoms with Crippen molar-refractivity contribution >= 4 is 23.2 Å². The zero-order valence-corrected chi connectivity index (χ0v) is 12.7. The first kappa shape index (κ1) is 13.6. The van der Waals surface area contributed by atoms with Crippen LogP contribution in [0.1, 0.15) is 38.0 Å². The molecule has 1 N–H and O–H groups in total.